The summed E-state index contributed by atoms with van der Waals surface area (Å²) < 4.78 is 37.2. The number of primary amides is 1. The molecule has 0 aliphatic carbocycles. The van der Waals surface area contributed by atoms with Gasteiger partial charge in [0, 0.05) is 5.56 Å². The maximum Gasteiger partial charge on any atom is 0.416 e. The molecule has 0 atom stereocenters. The fourth-order valence-corrected chi connectivity index (χ4v) is 1.32. The van der Waals surface area contributed by atoms with Crippen molar-refractivity contribution in [2.45, 2.75) is 12.6 Å². The SMILES string of the molecule is N#C[CH]Cc1ccc(C(F)(F)F)cc1C(N)=O. The molecular formula is C11H8F3N2O. The molecule has 0 aliphatic rings. The van der Waals surface area contributed by atoms with Crippen LogP contribution in [0.2, 0.25) is 0 Å². The molecule has 1 radical (unpaired) electrons. The van der Waals surface area contributed by atoms with Gasteiger partial charge in [0.25, 0.3) is 0 Å². The highest BCUT2D eigenvalue weighted by atomic mass is 19.4. The molecule has 1 aromatic carbocycles. The lowest BCUT2D eigenvalue weighted by atomic mass is 9.99. The van der Waals surface area contributed by atoms with Crippen LogP contribution in [0.4, 0.5) is 13.2 Å². The Kier molecular flexibility index (Phi) is 3.73. The van der Waals surface area contributed by atoms with Gasteiger partial charge in [0.15, 0.2) is 0 Å². The van der Waals surface area contributed by atoms with Crippen molar-refractivity contribution < 1.29 is 18.0 Å². The Morgan fingerprint density at radius 1 is 1.47 bits per heavy atom. The fraction of sp³-hybridized carbons (Fsp3) is 0.182. The van der Waals surface area contributed by atoms with Crippen LogP contribution in [0.3, 0.4) is 0 Å². The molecule has 0 spiro atoms. The molecule has 0 saturated heterocycles. The lowest BCUT2D eigenvalue weighted by molar-refractivity contribution is -0.137. The number of hydrogen-bond acceptors (Lipinski definition) is 2. The van der Waals surface area contributed by atoms with Gasteiger partial charge in [-0.3, -0.25) is 4.79 Å². The number of rotatable bonds is 3. The molecule has 3 nitrogen and oxygen atoms in total. The quantitative estimate of drug-likeness (QED) is 0.880. The van der Waals surface area contributed by atoms with E-state index in [0.29, 0.717) is 11.6 Å². The second kappa shape index (κ2) is 4.87. The first-order valence-corrected chi connectivity index (χ1v) is 4.57. The minimum Gasteiger partial charge on any atom is -0.366 e. The van der Waals surface area contributed by atoms with Crippen molar-refractivity contribution in [2.24, 2.45) is 5.73 Å². The van der Waals surface area contributed by atoms with Crippen LogP contribution in [0.1, 0.15) is 21.5 Å². The largest absolute Gasteiger partial charge is 0.416 e. The monoisotopic (exact) mass is 241 g/mol. The van der Waals surface area contributed by atoms with Crippen LogP contribution in [0.5, 0.6) is 0 Å². The van der Waals surface area contributed by atoms with Crippen LogP contribution < -0.4 is 5.73 Å². The van der Waals surface area contributed by atoms with Gasteiger partial charge in [0.05, 0.1) is 18.1 Å². The van der Waals surface area contributed by atoms with Crippen LogP contribution >= 0.6 is 0 Å². The predicted octanol–water partition coefficient (Wildman–Crippen LogP) is 2.07. The fourth-order valence-electron chi connectivity index (χ4n) is 1.32. The van der Waals surface area contributed by atoms with Crippen molar-refractivity contribution in [3.63, 3.8) is 0 Å². The third-order valence-corrected chi connectivity index (χ3v) is 2.12. The van der Waals surface area contributed by atoms with E-state index < -0.39 is 17.6 Å². The van der Waals surface area contributed by atoms with E-state index in [4.69, 9.17) is 11.0 Å². The number of halogens is 3. The van der Waals surface area contributed by atoms with Gasteiger partial charge in [-0.25, -0.2) is 0 Å². The molecule has 0 aliphatic heterocycles. The zero-order valence-corrected chi connectivity index (χ0v) is 8.58. The molecule has 0 saturated carbocycles. The van der Waals surface area contributed by atoms with Crippen molar-refractivity contribution in [3.8, 4) is 6.07 Å². The Balaban J connectivity index is 3.18. The Hall–Kier alpha value is -2.03. The smallest absolute Gasteiger partial charge is 0.366 e. The summed E-state index contributed by atoms with van der Waals surface area (Å²) in [6, 6.07) is 4.43. The van der Waals surface area contributed by atoms with Gasteiger partial charge < -0.3 is 5.73 Å². The van der Waals surface area contributed by atoms with Crippen LogP contribution in [0, 0.1) is 17.8 Å². The topological polar surface area (TPSA) is 66.9 Å². The Morgan fingerprint density at radius 3 is 2.59 bits per heavy atom. The first-order valence-electron chi connectivity index (χ1n) is 4.57. The van der Waals surface area contributed by atoms with Crippen molar-refractivity contribution in [3.05, 3.63) is 41.3 Å². The van der Waals surface area contributed by atoms with E-state index in [2.05, 4.69) is 0 Å². The highest BCUT2D eigenvalue weighted by molar-refractivity contribution is 5.94. The van der Waals surface area contributed by atoms with E-state index in [0.717, 1.165) is 12.1 Å². The molecule has 2 N–H and O–H groups in total. The van der Waals surface area contributed by atoms with Crippen molar-refractivity contribution in [2.75, 3.05) is 0 Å². The van der Waals surface area contributed by atoms with Crippen molar-refractivity contribution in [1.29, 1.82) is 5.26 Å². The molecule has 0 aromatic heterocycles. The van der Waals surface area contributed by atoms with Crippen LogP contribution in [0.25, 0.3) is 0 Å². The van der Waals surface area contributed by atoms with E-state index >= 15 is 0 Å². The van der Waals surface area contributed by atoms with Crippen LogP contribution in [0.15, 0.2) is 18.2 Å². The molecule has 17 heavy (non-hydrogen) atoms. The zero-order chi connectivity index (χ0) is 13.1. The number of nitrogens with zero attached hydrogens (tertiary/aromatic N) is 1. The lowest BCUT2D eigenvalue weighted by Gasteiger charge is -2.10. The summed E-state index contributed by atoms with van der Waals surface area (Å²) in [4.78, 5) is 11.0. The summed E-state index contributed by atoms with van der Waals surface area (Å²) in [6.45, 7) is 0. The van der Waals surface area contributed by atoms with E-state index in [9.17, 15) is 18.0 Å². The van der Waals surface area contributed by atoms with Gasteiger partial charge in [0.2, 0.25) is 5.91 Å². The highest BCUT2D eigenvalue weighted by Gasteiger charge is 2.31. The Labute approximate surface area is 95.6 Å². The Morgan fingerprint density at radius 2 is 2.12 bits per heavy atom. The highest BCUT2D eigenvalue weighted by Crippen LogP contribution is 2.30. The Bertz CT molecular complexity index is 475. The first-order chi connectivity index (χ1) is 7.86. The van der Waals surface area contributed by atoms with Crippen molar-refractivity contribution in [1.82, 2.24) is 0 Å². The second-order valence-corrected chi connectivity index (χ2v) is 3.27. The van der Waals surface area contributed by atoms with E-state index in [-0.39, 0.29) is 12.0 Å². The molecule has 0 unspecified atom stereocenters. The summed E-state index contributed by atoms with van der Waals surface area (Å²) in [5.74, 6) is -0.947. The van der Waals surface area contributed by atoms with Gasteiger partial charge >= 0.3 is 6.18 Å². The number of nitrogens with two attached hydrogens (primary N) is 1. The number of benzene rings is 1. The van der Waals surface area contributed by atoms with Gasteiger partial charge in [-0.05, 0) is 24.1 Å². The van der Waals surface area contributed by atoms with Crippen LogP contribution in [-0.2, 0) is 12.6 Å². The van der Waals surface area contributed by atoms with Crippen molar-refractivity contribution >= 4 is 5.91 Å². The summed E-state index contributed by atoms with van der Waals surface area (Å²) >= 11 is 0. The maximum absolute atomic E-state index is 12.4. The van der Waals surface area contributed by atoms with Gasteiger partial charge in [-0.1, -0.05) is 6.07 Å². The summed E-state index contributed by atoms with van der Waals surface area (Å²) in [6.07, 6.45) is -3.27. The number of carbonyl (C=O) groups is 1. The maximum atomic E-state index is 12.4. The van der Waals surface area contributed by atoms with Gasteiger partial charge in [-0.2, -0.15) is 18.4 Å². The normalized spacial score (nSPS) is 10.9. The minimum absolute atomic E-state index is 0.0763. The number of nitriles is 1. The molecule has 1 amide bonds. The lowest BCUT2D eigenvalue weighted by Crippen LogP contribution is -2.16. The predicted molar refractivity (Wildman–Crippen MR) is 53.6 cm³/mol. The molecule has 6 heteroatoms. The zero-order valence-electron chi connectivity index (χ0n) is 8.58. The van der Waals surface area contributed by atoms with E-state index in [1.54, 1.807) is 6.07 Å². The molecule has 1 aromatic rings. The molecule has 0 bridgehead atoms. The third-order valence-electron chi connectivity index (χ3n) is 2.12. The molecule has 89 valence electrons. The molecular weight excluding hydrogens is 233 g/mol. The number of hydrogen-bond donors (Lipinski definition) is 1. The standard InChI is InChI=1S/C11H8F3N2O/c12-11(13,14)8-4-3-7(2-1-5-15)9(6-8)10(16)17/h1,3-4,6H,2H2,(H2,16,17). The average Bonchev–Trinajstić information content (AvgIpc) is 2.24. The summed E-state index contributed by atoms with van der Waals surface area (Å²) in [5, 5.41) is 8.34. The molecule has 1 rings (SSSR count). The number of amides is 1. The van der Waals surface area contributed by atoms with Gasteiger partial charge in [0.1, 0.15) is 0 Å². The minimum atomic E-state index is -4.53. The first kappa shape index (κ1) is 13.0. The summed E-state index contributed by atoms with van der Waals surface area (Å²) in [7, 11) is 0. The van der Waals surface area contributed by atoms with Gasteiger partial charge in [-0.15, -0.1) is 0 Å². The third kappa shape index (κ3) is 3.21. The molecule has 0 heterocycles. The second-order valence-electron chi connectivity index (χ2n) is 3.27. The average molecular weight is 241 g/mol. The van der Waals surface area contributed by atoms with E-state index in [1.807, 2.05) is 0 Å². The number of alkyl halides is 3. The molecule has 0 fully saturated rings. The number of carbonyl (C=O) groups excluding carboxylic acids is 1. The van der Waals surface area contributed by atoms with E-state index in [1.165, 1.54) is 6.42 Å². The van der Waals surface area contributed by atoms with Crippen LogP contribution in [-0.4, -0.2) is 5.91 Å². The summed E-state index contributed by atoms with van der Waals surface area (Å²) in [5.41, 5.74) is 4.14.